The van der Waals surface area contributed by atoms with Gasteiger partial charge in [0.05, 0.1) is 11.6 Å². The van der Waals surface area contributed by atoms with Crippen LogP contribution in [0, 0.1) is 11.3 Å². The number of nitrogens with zero attached hydrogens (tertiary/aromatic N) is 1. The molecule has 0 saturated carbocycles. The van der Waals surface area contributed by atoms with Gasteiger partial charge in [-0.15, -0.1) is 0 Å². The summed E-state index contributed by atoms with van der Waals surface area (Å²) in [6.07, 6.45) is 1.02. The number of para-hydroxylation sites is 1. The number of rotatable bonds is 7. The Morgan fingerprint density at radius 1 is 1.25 bits per heavy atom. The zero-order chi connectivity index (χ0) is 17.4. The van der Waals surface area contributed by atoms with Crippen LogP contribution in [0.5, 0.6) is 5.75 Å². The fourth-order valence-electron chi connectivity index (χ4n) is 2.38. The zero-order valence-electron chi connectivity index (χ0n) is 14.1. The van der Waals surface area contributed by atoms with E-state index >= 15 is 0 Å². The van der Waals surface area contributed by atoms with Crippen LogP contribution in [0.3, 0.4) is 0 Å². The Balaban J connectivity index is 1.89. The predicted octanol–water partition coefficient (Wildman–Crippen LogP) is 3.77. The molecule has 0 heterocycles. The molecule has 0 fully saturated rings. The normalized spacial score (nSPS) is 11.4. The number of nitrogens with one attached hydrogen (secondary N) is 1. The molecule has 0 saturated heterocycles. The quantitative estimate of drug-likeness (QED) is 0.844. The Kier molecular flexibility index (Phi) is 6.39. The molecule has 2 aromatic rings. The molecular weight excluding hydrogens is 300 g/mol. The first-order chi connectivity index (χ1) is 11.6. The van der Waals surface area contributed by atoms with E-state index in [0.717, 1.165) is 23.3 Å². The summed E-state index contributed by atoms with van der Waals surface area (Å²) in [6.45, 7) is 4.63. The van der Waals surface area contributed by atoms with Crippen molar-refractivity contribution in [3.63, 3.8) is 0 Å². The molecule has 0 bridgehead atoms. The van der Waals surface area contributed by atoms with Gasteiger partial charge >= 0.3 is 0 Å². The van der Waals surface area contributed by atoms with Crippen LogP contribution in [0.1, 0.15) is 42.9 Å². The van der Waals surface area contributed by atoms with Crippen LogP contribution in [0.2, 0.25) is 0 Å². The van der Waals surface area contributed by atoms with Gasteiger partial charge in [-0.1, -0.05) is 44.2 Å². The van der Waals surface area contributed by atoms with E-state index in [1.807, 2.05) is 30.3 Å². The minimum Gasteiger partial charge on any atom is -0.483 e. The average Bonchev–Trinajstić information content (AvgIpc) is 2.64. The molecule has 0 aromatic heterocycles. The number of hydrogen-bond donors (Lipinski definition) is 1. The van der Waals surface area contributed by atoms with Crippen LogP contribution >= 0.6 is 0 Å². The first-order valence-electron chi connectivity index (χ1n) is 8.11. The first-order valence-corrected chi connectivity index (χ1v) is 8.11. The van der Waals surface area contributed by atoms with Crippen molar-refractivity contribution >= 4 is 5.91 Å². The van der Waals surface area contributed by atoms with Crippen LogP contribution in [-0.2, 0) is 11.3 Å². The Morgan fingerprint density at radius 3 is 2.79 bits per heavy atom. The third kappa shape index (κ3) is 4.85. The summed E-state index contributed by atoms with van der Waals surface area (Å²) >= 11 is 0. The van der Waals surface area contributed by atoms with Crippen molar-refractivity contribution in [3.8, 4) is 11.8 Å². The Hall–Kier alpha value is -2.80. The maximum Gasteiger partial charge on any atom is 0.258 e. The first kappa shape index (κ1) is 17.6. The molecule has 24 heavy (non-hydrogen) atoms. The summed E-state index contributed by atoms with van der Waals surface area (Å²) < 4.78 is 5.69. The average molecular weight is 322 g/mol. The van der Waals surface area contributed by atoms with Crippen molar-refractivity contribution in [3.05, 3.63) is 65.2 Å². The van der Waals surface area contributed by atoms with Crippen LogP contribution < -0.4 is 10.1 Å². The lowest BCUT2D eigenvalue weighted by molar-refractivity contribution is -0.123. The lowest BCUT2D eigenvalue weighted by Crippen LogP contribution is -2.28. The van der Waals surface area contributed by atoms with Crippen LogP contribution in [-0.4, -0.2) is 12.5 Å². The second-order valence-corrected chi connectivity index (χ2v) is 5.72. The molecule has 2 rings (SSSR count). The molecule has 1 N–H and O–H groups in total. The predicted molar refractivity (Wildman–Crippen MR) is 93.6 cm³/mol. The molecule has 4 nitrogen and oxygen atoms in total. The molecule has 124 valence electrons. The minimum atomic E-state index is -0.184. The maximum absolute atomic E-state index is 12.0. The van der Waals surface area contributed by atoms with E-state index in [1.54, 1.807) is 18.2 Å². The fraction of sp³-hybridized carbons (Fsp3) is 0.300. The third-order valence-corrected chi connectivity index (χ3v) is 3.97. The van der Waals surface area contributed by atoms with Gasteiger partial charge in [0.25, 0.3) is 5.91 Å². The summed E-state index contributed by atoms with van der Waals surface area (Å²) in [7, 11) is 0. The largest absolute Gasteiger partial charge is 0.483 e. The highest BCUT2D eigenvalue weighted by atomic mass is 16.5. The fourth-order valence-corrected chi connectivity index (χ4v) is 2.38. The van der Waals surface area contributed by atoms with Gasteiger partial charge in [0.1, 0.15) is 5.75 Å². The van der Waals surface area contributed by atoms with Gasteiger partial charge in [0.15, 0.2) is 6.61 Å². The Bertz CT molecular complexity index is 734. The van der Waals surface area contributed by atoms with E-state index < -0.39 is 0 Å². The molecular formula is C20H22N2O2. The molecule has 0 aliphatic rings. The number of ether oxygens (including phenoxy) is 1. The Morgan fingerprint density at radius 2 is 2.04 bits per heavy atom. The van der Waals surface area contributed by atoms with Crippen molar-refractivity contribution < 1.29 is 9.53 Å². The van der Waals surface area contributed by atoms with Crippen molar-refractivity contribution in [2.75, 3.05) is 6.61 Å². The van der Waals surface area contributed by atoms with E-state index in [-0.39, 0.29) is 12.5 Å². The Labute approximate surface area is 143 Å². The summed E-state index contributed by atoms with van der Waals surface area (Å²) in [5, 5.41) is 11.7. The molecule has 1 unspecified atom stereocenters. The van der Waals surface area contributed by atoms with Crippen molar-refractivity contribution in [2.45, 2.75) is 32.7 Å². The van der Waals surface area contributed by atoms with Gasteiger partial charge in [-0.05, 0) is 41.7 Å². The summed E-state index contributed by atoms with van der Waals surface area (Å²) in [5.41, 5.74) is 2.59. The molecule has 4 heteroatoms. The number of benzene rings is 2. The molecule has 2 aromatic carbocycles. The van der Waals surface area contributed by atoms with E-state index in [9.17, 15) is 4.79 Å². The van der Waals surface area contributed by atoms with Crippen LogP contribution in [0.15, 0.2) is 48.5 Å². The summed E-state index contributed by atoms with van der Waals surface area (Å²) in [5.74, 6) is 0.961. The van der Waals surface area contributed by atoms with Crippen molar-refractivity contribution in [2.24, 2.45) is 0 Å². The molecule has 0 aliphatic heterocycles. The second-order valence-electron chi connectivity index (χ2n) is 5.72. The van der Waals surface area contributed by atoms with Crippen LogP contribution in [0.4, 0.5) is 0 Å². The van der Waals surface area contributed by atoms with Gasteiger partial charge in [-0.2, -0.15) is 5.26 Å². The number of nitriles is 1. The third-order valence-electron chi connectivity index (χ3n) is 3.97. The number of carbonyl (C=O) groups excluding carboxylic acids is 1. The van der Waals surface area contributed by atoms with Crippen molar-refractivity contribution in [1.29, 1.82) is 5.26 Å². The highest BCUT2D eigenvalue weighted by Gasteiger charge is 2.11. The molecule has 0 spiro atoms. The zero-order valence-corrected chi connectivity index (χ0v) is 14.1. The lowest BCUT2D eigenvalue weighted by Gasteiger charge is -2.15. The smallest absolute Gasteiger partial charge is 0.258 e. The molecule has 0 aliphatic carbocycles. The van der Waals surface area contributed by atoms with Crippen LogP contribution in [0.25, 0.3) is 0 Å². The van der Waals surface area contributed by atoms with Gasteiger partial charge in [-0.3, -0.25) is 4.79 Å². The highest BCUT2D eigenvalue weighted by molar-refractivity contribution is 5.77. The molecule has 1 atom stereocenters. The number of carbonyl (C=O) groups is 1. The van der Waals surface area contributed by atoms with E-state index in [2.05, 4.69) is 25.2 Å². The standard InChI is InChI=1S/C20H22N2O2/c1-3-15(2)18-9-4-5-10-19(18)24-14-20(23)22-13-17-8-6-7-16(11-17)12-21/h4-11,15H,3,13-14H2,1-2H3,(H,22,23). The summed E-state index contributed by atoms with van der Waals surface area (Å²) in [4.78, 5) is 12.0. The molecule has 1 amide bonds. The van der Waals surface area contributed by atoms with E-state index in [0.29, 0.717) is 18.0 Å². The SMILES string of the molecule is CCC(C)c1ccccc1OCC(=O)NCc1cccc(C#N)c1. The van der Waals surface area contributed by atoms with Crippen molar-refractivity contribution in [1.82, 2.24) is 5.32 Å². The molecule has 0 radical (unpaired) electrons. The van der Waals surface area contributed by atoms with Gasteiger partial charge < -0.3 is 10.1 Å². The second kappa shape index (κ2) is 8.73. The minimum absolute atomic E-state index is 0.0224. The van der Waals surface area contributed by atoms with E-state index in [4.69, 9.17) is 10.00 Å². The highest BCUT2D eigenvalue weighted by Crippen LogP contribution is 2.28. The van der Waals surface area contributed by atoms with E-state index in [1.165, 1.54) is 0 Å². The van der Waals surface area contributed by atoms with Gasteiger partial charge in [0, 0.05) is 6.54 Å². The number of amides is 1. The van der Waals surface area contributed by atoms with Gasteiger partial charge in [0.2, 0.25) is 0 Å². The van der Waals surface area contributed by atoms with Gasteiger partial charge in [-0.25, -0.2) is 0 Å². The summed E-state index contributed by atoms with van der Waals surface area (Å²) in [6, 6.07) is 17.1. The maximum atomic E-state index is 12.0. The monoisotopic (exact) mass is 322 g/mol. The number of hydrogen-bond acceptors (Lipinski definition) is 3. The topological polar surface area (TPSA) is 62.1 Å². The lowest BCUT2D eigenvalue weighted by atomic mass is 9.98.